The van der Waals surface area contributed by atoms with E-state index >= 15 is 0 Å². The van der Waals surface area contributed by atoms with Gasteiger partial charge in [0, 0.05) is 24.7 Å². The number of benzene rings is 1. The first-order valence-corrected chi connectivity index (χ1v) is 8.77. The van der Waals surface area contributed by atoms with Crippen LogP contribution in [-0.2, 0) is 11.3 Å². The number of amides is 1. The minimum Gasteiger partial charge on any atom is -0.286 e. The molecule has 0 unspecified atom stereocenters. The van der Waals surface area contributed by atoms with Crippen molar-refractivity contribution < 1.29 is 13.6 Å². The van der Waals surface area contributed by atoms with Crippen LogP contribution in [-0.4, -0.2) is 27.2 Å². The topological polar surface area (TPSA) is 51.0 Å². The number of hydrogen-bond donors (Lipinski definition) is 0. The minimum absolute atomic E-state index is 0.0846. The predicted octanol–water partition coefficient (Wildman–Crippen LogP) is 3.83. The highest BCUT2D eigenvalue weighted by atomic mass is 32.1. The van der Waals surface area contributed by atoms with Crippen LogP contribution in [0.4, 0.5) is 13.9 Å². The van der Waals surface area contributed by atoms with Gasteiger partial charge in [0.2, 0.25) is 5.91 Å². The second-order valence-corrected chi connectivity index (χ2v) is 6.79. The third kappa shape index (κ3) is 3.53. The molecule has 0 atom stereocenters. The van der Waals surface area contributed by atoms with Crippen molar-refractivity contribution in [3.63, 3.8) is 0 Å². The van der Waals surface area contributed by atoms with E-state index in [-0.39, 0.29) is 11.4 Å². The van der Waals surface area contributed by atoms with Gasteiger partial charge in [-0.15, -0.1) is 0 Å². The summed E-state index contributed by atoms with van der Waals surface area (Å²) in [6, 6.07) is 3.99. The highest BCUT2D eigenvalue weighted by Crippen LogP contribution is 2.31. The highest BCUT2D eigenvalue weighted by Gasteiger charge is 2.20. The predicted molar refractivity (Wildman–Crippen MR) is 93.9 cm³/mol. The SMILES string of the molecule is CCC(=O)N(CCn1nc(C)cc1C)c1nc2c(F)cc(F)cc2s1. The molecule has 0 fully saturated rings. The molecule has 0 radical (unpaired) electrons. The Morgan fingerprint density at radius 1 is 1.28 bits per heavy atom. The summed E-state index contributed by atoms with van der Waals surface area (Å²) in [7, 11) is 0. The molecular weight excluding hydrogens is 346 g/mol. The van der Waals surface area contributed by atoms with Crippen molar-refractivity contribution in [1.29, 1.82) is 0 Å². The molecule has 8 heteroatoms. The summed E-state index contributed by atoms with van der Waals surface area (Å²) in [4.78, 5) is 18.1. The average Bonchev–Trinajstić information content (AvgIpc) is 3.10. The van der Waals surface area contributed by atoms with E-state index in [9.17, 15) is 13.6 Å². The van der Waals surface area contributed by atoms with E-state index in [1.54, 1.807) is 6.92 Å². The van der Waals surface area contributed by atoms with Gasteiger partial charge in [-0.05, 0) is 26.0 Å². The number of nitrogens with zero attached hydrogens (tertiary/aromatic N) is 4. The minimum atomic E-state index is -0.722. The number of carbonyl (C=O) groups is 1. The van der Waals surface area contributed by atoms with Crippen LogP contribution < -0.4 is 4.90 Å². The molecule has 5 nitrogen and oxygen atoms in total. The van der Waals surface area contributed by atoms with Crippen molar-refractivity contribution in [3.05, 3.63) is 41.2 Å². The van der Waals surface area contributed by atoms with Crippen LogP contribution in [0.2, 0.25) is 0 Å². The number of aryl methyl sites for hydroxylation is 2. The maximum Gasteiger partial charge on any atom is 0.228 e. The number of hydrogen-bond acceptors (Lipinski definition) is 4. The van der Waals surface area contributed by atoms with Crippen LogP contribution in [0.3, 0.4) is 0 Å². The van der Waals surface area contributed by atoms with E-state index in [0.717, 1.165) is 28.8 Å². The molecule has 0 spiro atoms. The normalized spacial score (nSPS) is 11.2. The van der Waals surface area contributed by atoms with Crippen LogP contribution >= 0.6 is 11.3 Å². The summed E-state index contributed by atoms with van der Waals surface area (Å²) < 4.78 is 29.5. The van der Waals surface area contributed by atoms with Gasteiger partial charge in [-0.25, -0.2) is 13.8 Å². The maximum atomic E-state index is 13.9. The Morgan fingerprint density at radius 3 is 2.68 bits per heavy atom. The van der Waals surface area contributed by atoms with Gasteiger partial charge >= 0.3 is 0 Å². The van der Waals surface area contributed by atoms with Crippen molar-refractivity contribution in [2.75, 3.05) is 11.4 Å². The molecule has 0 saturated carbocycles. The van der Waals surface area contributed by atoms with Crippen LogP contribution in [0.25, 0.3) is 10.2 Å². The lowest BCUT2D eigenvalue weighted by Crippen LogP contribution is -2.33. The largest absolute Gasteiger partial charge is 0.286 e. The maximum absolute atomic E-state index is 13.9. The van der Waals surface area contributed by atoms with Crippen molar-refractivity contribution >= 4 is 32.6 Å². The monoisotopic (exact) mass is 364 g/mol. The molecule has 1 amide bonds. The average molecular weight is 364 g/mol. The molecule has 0 bridgehead atoms. The van der Waals surface area contributed by atoms with Gasteiger partial charge in [0.25, 0.3) is 0 Å². The first-order valence-electron chi connectivity index (χ1n) is 7.96. The summed E-state index contributed by atoms with van der Waals surface area (Å²) in [6.45, 7) is 6.47. The first-order chi connectivity index (χ1) is 11.9. The number of carbonyl (C=O) groups excluding carboxylic acids is 1. The number of fused-ring (bicyclic) bond motifs is 1. The van der Waals surface area contributed by atoms with Gasteiger partial charge in [-0.1, -0.05) is 18.3 Å². The van der Waals surface area contributed by atoms with Crippen LogP contribution in [0.1, 0.15) is 24.7 Å². The summed E-state index contributed by atoms with van der Waals surface area (Å²) in [5.74, 6) is -1.50. The van der Waals surface area contributed by atoms with Crippen molar-refractivity contribution in [3.8, 4) is 0 Å². The summed E-state index contributed by atoms with van der Waals surface area (Å²) >= 11 is 1.11. The van der Waals surface area contributed by atoms with Gasteiger partial charge in [0.1, 0.15) is 11.3 Å². The van der Waals surface area contributed by atoms with Gasteiger partial charge in [0.15, 0.2) is 10.9 Å². The fourth-order valence-electron chi connectivity index (χ4n) is 2.67. The molecule has 0 aliphatic carbocycles. The third-order valence-corrected chi connectivity index (χ3v) is 4.90. The molecule has 2 aromatic heterocycles. The van der Waals surface area contributed by atoms with E-state index in [4.69, 9.17) is 0 Å². The molecule has 25 heavy (non-hydrogen) atoms. The molecule has 132 valence electrons. The second-order valence-electron chi connectivity index (χ2n) is 5.78. The van der Waals surface area contributed by atoms with E-state index in [1.807, 2.05) is 24.6 Å². The molecule has 0 saturated heterocycles. The Labute approximate surface area is 147 Å². The lowest BCUT2D eigenvalue weighted by molar-refractivity contribution is -0.118. The number of halogens is 2. The third-order valence-electron chi connectivity index (χ3n) is 3.88. The summed E-state index contributed by atoms with van der Waals surface area (Å²) in [5, 5.41) is 4.75. The van der Waals surface area contributed by atoms with Crippen LogP contribution in [0.5, 0.6) is 0 Å². The fraction of sp³-hybridized carbons (Fsp3) is 0.353. The van der Waals surface area contributed by atoms with E-state index in [2.05, 4.69) is 10.1 Å². The number of thiazole rings is 1. The van der Waals surface area contributed by atoms with Gasteiger partial charge in [-0.3, -0.25) is 14.4 Å². The zero-order valence-electron chi connectivity index (χ0n) is 14.2. The highest BCUT2D eigenvalue weighted by molar-refractivity contribution is 7.22. The molecule has 1 aromatic carbocycles. The Bertz CT molecular complexity index is 934. The van der Waals surface area contributed by atoms with Crippen molar-refractivity contribution in [2.45, 2.75) is 33.7 Å². The molecule has 0 N–H and O–H groups in total. The lowest BCUT2D eigenvalue weighted by Gasteiger charge is -2.19. The molecular formula is C17H18F2N4OS. The van der Waals surface area contributed by atoms with Gasteiger partial charge in [-0.2, -0.15) is 5.10 Å². The molecule has 3 rings (SSSR count). The zero-order chi connectivity index (χ0) is 18.1. The van der Waals surface area contributed by atoms with Gasteiger partial charge in [0.05, 0.1) is 16.9 Å². The standard InChI is InChI=1S/C17H18F2N4OS/c1-4-15(24)22(5-6-23-11(3)7-10(2)21-23)17-20-16-13(19)8-12(18)9-14(16)25-17/h7-9H,4-6H2,1-3H3. The Hall–Kier alpha value is -2.35. The smallest absolute Gasteiger partial charge is 0.228 e. The quantitative estimate of drug-likeness (QED) is 0.691. The fourth-order valence-corrected chi connectivity index (χ4v) is 3.72. The molecule has 0 aliphatic heterocycles. The summed E-state index contributed by atoms with van der Waals surface area (Å²) in [5.41, 5.74) is 1.99. The molecule has 0 aliphatic rings. The van der Waals surface area contributed by atoms with Crippen LogP contribution in [0.15, 0.2) is 18.2 Å². The lowest BCUT2D eigenvalue weighted by atomic mass is 10.3. The Kier molecular flexibility index (Phi) is 4.80. The Morgan fingerprint density at radius 2 is 2.04 bits per heavy atom. The van der Waals surface area contributed by atoms with E-state index < -0.39 is 11.6 Å². The number of rotatable bonds is 5. The van der Waals surface area contributed by atoms with E-state index in [0.29, 0.717) is 29.3 Å². The molecule has 2 heterocycles. The Balaban J connectivity index is 1.92. The van der Waals surface area contributed by atoms with Crippen molar-refractivity contribution in [1.82, 2.24) is 14.8 Å². The van der Waals surface area contributed by atoms with Crippen molar-refractivity contribution in [2.24, 2.45) is 0 Å². The first kappa shape index (κ1) is 17.5. The van der Waals surface area contributed by atoms with Gasteiger partial charge < -0.3 is 0 Å². The number of aromatic nitrogens is 3. The van der Waals surface area contributed by atoms with Crippen LogP contribution in [0, 0.1) is 25.5 Å². The zero-order valence-corrected chi connectivity index (χ0v) is 15.0. The second kappa shape index (κ2) is 6.87. The number of anilines is 1. The van der Waals surface area contributed by atoms with E-state index in [1.165, 1.54) is 11.0 Å². The summed E-state index contributed by atoms with van der Waals surface area (Å²) in [6.07, 6.45) is 0.296. The molecule has 3 aromatic rings.